The van der Waals surface area contributed by atoms with E-state index in [9.17, 15) is 15.0 Å². The van der Waals surface area contributed by atoms with E-state index in [4.69, 9.17) is 4.74 Å². The van der Waals surface area contributed by atoms with Gasteiger partial charge in [0.15, 0.2) is 5.79 Å². The van der Waals surface area contributed by atoms with Gasteiger partial charge in [-0.2, -0.15) is 0 Å². The highest BCUT2D eigenvalue weighted by Gasteiger charge is 2.51. The molecule has 0 radical (unpaired) electrons. The lowest BCUT2D eigenvalue weighted by Crippen LogP contribution is -2.51. The van der Waals surface area contributed by atoms with E-state index in [0.717, 1.165) is 0 Å². The molecule has 1 unspecified atom stereocenters. The standard InChI is InChI=1S/C18H30O4/c1-9-14(19)22-12-10-13(16(3,4)5)18(20,21)15(11(12)2)17(6,7)8/h10,15,20-21H,9H2,1-8H3. The molecule has 0 bridgehead atoms. The largest absolute Gasteiger partial charge is 0.427 e. The van der Waals surface area contributed by atoms with Gasteiger partial charge >= 0.3 is 5.97 Å². The molecule has 2 N–H and O–H groups in total. The van der Waals surface area contributed by atoms with E-state index in [2.05, 4.69) is 0 Å². The Morgan fingerprint density at radius 3 is 2.09 bits per heavy atom. The van der Waals surface area contributed by atoms with Gasteiger partial charge in [0.1, 0.15) is 5.76 Å². The second kappa shape index (κ2) is 5.82. The van der Waals surface area contributed by atoms with Crippen LogP contribution in [0.4, 0.5) is 0 Å². The molecule has 0 aromatic carbocycles. The molecule has 126 valence electrons. The predicted molar refractivity (Wildman–Crippen MR) is 86.7 cm³/mol. The molecule has 22 heavy (non-hydrogen) atoms. The first-order chi connectivity index (χ1) is 9.72. The third kappa shape index (κ3) is 3.61. The fraction of sp³-hybridized carbons (Fsp3) is 0.722. The van der Waals surface area contributed by atoms with Crippen LogP contribution in [0.25, 0.3) is 0 Å². The molecule has 0 heterocycles. The molecule has 0 aromatic heterocycles. The van der Waals surface area contributed by atoms with Crippen LogP contribution in [0.2, 0.25) is 0 Å². The van der Waals surface area contributed by atoms with Crippen molar-refractivity contribution in [2.45, 2.75) is 67.6 Å². The molecule has 1 rings (SSSR count). The van der Waals surface area contributed by atoms with Crippen LogP contribution in [0.3, 0.4) is 0 Å². The van der Waals surface area contributed by atoms with Gasteiger partial charge in [-0.25, -0.2) is 0 Å². The van der Waals surface area contributed by atoms with Gasteiger partial charge in [0.2, 0.25) is 0 Å². The number of hydrogen-bond donors (Lipinski definition) is 2. The maximum atomic E-state index is 11.7. The summed E-state index contributed by atoms with van der Waals surface area (Å²) < 4.78 is 5.44. The quantitative estimate of drug-likeness (QED) is 0.605. The number of ether oxygens (including phenoxy) is 1. The number of hydrogen-bond acceptors (Lipinski definition) is 4. The summed E-state index contributed by atoms with van der Waals surface area (Å²) in [6.45, 7) is 15.1. The Hall–Kier alpha value is -1.13. The summed E-state index contributed by atoms with van der Waals surface area (Å²) in [7, 11) is 0. The van der Waals surface area contributed by atoms with E-state index in [1.54, 1.807) is 19.9 Å². The monoisotopic (exact) mass is 310 g/mol. The zero-order valence-corrected chi connectivity index (χ0v) is 15.1. The fourth-order valence-electron chi connectivity index (χ4n) is 3.28. The second-order valence-electron chi connectivity index (χ2n) is 8.21. The molecular weight excluding hydrogens is 280 g/mol. The molecule has 0 aliphatic heterocycles. The van der Waals surface area contributed by atoms with Gasteiger partial charge < -0.3 is 14.9 Å². The normalized spacial score (nSPS) is 22.5. The van der Waals surface area contributed by atoms with Crippen molar-refractivity contribution in [3.63, 3.8) is 0 Å². The molecule has 0 amide bonds. The summed E-state index contributed by atoms with van der Waals surface area (Å²) in [5.74, 6) is -2.41. The smallest absolute Gasteiger partial charge is 0.310 e. The van der Waals surface area contributed by atoms with E-state index in [1.807, 2.05) is 41.5 Å². The number of rotatable bonds is 2. The number of carbonyl (C=O) groups excluding carboxylic acids is 1. The van der Waals surface area contributed by atoms with Crippen LogP contribution in [0.5, 0.6) is 0 Å². The van der Waals surface area contributed by atoms with Crippen molar-refractivity contribution in [2.75, 3.05) is 0 Å². The van der Waals surface area contributed by atoms with E-state index in [-0.39, 0.29) is 12.4 Å². The number of allylic oxidation sites excluding steroid dienone is 1. The van der Waals surface area contributed by atoms with Crippen LogP contribution in [0.15, 0.2) is 23.0 Å². The van der Waals surface area contributed by atoms with Gasteiger partial charge in [0, 0.05) is 12.3 Å². The molecule has 0 fully saturated rings. The Morgan fingerprint density at radius 1 is 1.23 bits per heavy atom. The molecule has 1 aliphatic rings. The average Bonchev–Trinajstić information content (AvgIpc) is 2.28. The van der Waals surface area contributed by atoms with Crippen molar-refractivity contribution in [1.29, 1.82) is 0 Å². The molecule has 4 heteroatoms. The number of esters is 1. The summed E-state index contributed by atoms with van der Waals surface area (Å²) in [6, 6.07) is 0. The molecule has 1 aliphatic carbocycles. The van der Waals surface area contributed by atoms with Crippen LogP contribution in [0.1, 0.15) is 61.8 Å². The zero-order chi connectivity index (χ0) is 17.5. The van der Waals surface area contributed by atoms with Crippen molar-refractivity contribution < 1.29 is 19.7 Å². The summed E-state index contributed by atoms with van der Waals surface area (Å²) in [4.78, 5) is 11.7. The van der Waals surface area contributed by atoms with Crippen LogP contribution in [-0.2, 0) is 9.53 Å². The van der Waals surface area contributed by atoms with E-state index in [1.165, 1.54) is 0 Å². The van der Waals surface area contributed by atoms with Crippen molar-refractivity contribution in [3.8, 4) is 0 Å². The van der Waals surface area contributed by atoms with Gasteiger partial charge in [0.05, 0.1) is 0 Å². The molecule has 0 aromatic rings. The fourth-order valence-corrected chi connectivity index (χ4v) is 3.28. The van der Waals surface area contributed by atoms with E-state index >= 15 is 0 Å². The Kier molecular flexibility index (Phi) is 5.00. The predicted octanol–water partition coefficient (Wildman–Crippen LogP) is 3.54. The van der Waals surface area contributed by atoms with E-state index in [0.29, 0.717) is 16.9 Å². The molecule has 0 spiro atoms. The lowest BCUT2D eigenvalue weighted by molar-refractivity contribution is -0.193. The maximum absolute atomic E-state index is 11.7. The summed E-state index contributed by atoms with van der Waals surface area (Å²) in [5, 5.41) is 21.7. The van der Waals surface area contributed by atoms with Gasteiger partial charge in [-0.15, -0.1) is 0 Å². The Labute approximate surface area is 133 Å². The highest BCUT2D eigenvalue weighted by Crippen LogP contribution is 2.50. The topological polar surface area (TPSA) is 66.8 Å². The first-order valence-corrected chi connectivity index (χ1v) is 7.81. The van der Waals surface area contributed by atoms with Crippen molar-refractivity contribution >= 4 is 5.97 Å². The van der Waals surface area contributed by atoms with Gasteiger partial charge in [0.25, 0.3) is 0 Å². The van der Waals surface area contributed by atoms with Crippen molar-refractivity contribution in [3.05, 3.63) is 23.0 Å². The van der Waals surface area contributed by atoms with E-state index < -0.39 is 22.5 Å². The van der Waals surface area contributed by atoms with Gasteiger partial charge in [-0.3, -0.25) is 4.79 Å². The lowest BCUT2D eigenvalue weighted by Gasteiger charge is -2.47. The SMILES string of the molecule is CCC(=O)OC1=C(C)C(C(C)(C)C)C(O)(O)C(C(C)(C)C)=C1. The first-order valence-electron chi connectivity index (χ1n) is 7.81. The minimum Gasteiger partial charge on any atom is -0.427 e. The zero-order valence-electron chi connectivity index (χ0n) is 15.1. The highest BCUT2D eigenvalue weighted by molar-refractivity contribution is 5.71. The molecule has 0 saturated carbocycles. The van der Waals surface area contributed by atoms with Gasteiger partial charge in [-0.1, -0.05) is 48.5 Å². The van der Waals surface area contributed by atoms with Gasteiger partial charge in [-0.05, 0) is 35.0 Å². The van der Waals surface area contributed by atoms with Crippen LogP contribution < -0.4 is 0 Å². The first kappa shape index (κ1) is 18.9. The third-order valence-corrected chi connectivity index (χ3v) is 4.08. The second-order valence-corrected chi connectivity index (χ2v) is 8.21. The van der Waals surface area contributed by atoms with Crippen LogP contribution in [0, 0.1) is 16.7 Å². The average molecular weight is 310 g/mol. The molecule has 0 saturated heterocycles. The summed E-state index contributed by atoms with van der Waals surface area (Å²) in [6.07, 6.45) is 1.89. The molecule has 4 nitrogen and oxygen atoms in total. The Bertz CT molecular complexity index is 510. The van der Waals surface area contributed by atoms with Crippen LogP contribution >= 0.6 is 0 Å². The summed E-state index contributed by atoms with van der Waals surface area (Å²) >= 11 is 0. The Balaban J connectivity index is 3.53. The maximum Gasteiger partial charge on any atom is 0.310 e. The summed E-state index contributed by atoms with van der Waals surface area (Å²) in [5.41, 5.74) is 0.288. The number of aliphatic hydroxyl groups is 2. The highest BCUT2D eigenvalue weighted by atomic mass is 16.5. The number of carbonyl (C=O) groups is 1. The van der Waals surface area contributed by atoms with Crippen LogP contribution in [-0.4, -0.2) is 22.0 Å². The lowest BCUT2D eigenvalue weighted by atomic mass is 9.63. The minimum absolute atomic E-state index is 0.277. The third-order valence-electron chi connectivity index (χ3n) is 4.08. The molecule has 1 atom stereocenters. The minimum atomic E-state index is -1.97. The molecular formula is C18H30O4. The van der Waals surface area contributed by atoms with Crippen molar-refractivity contribution in [1.82, 2.24) is 0 Å². The van der Waals surface area contributed by atoms with Crippen molar-refractivity contribution in [2.24, 2.45) is 16.7 Å². The Morgan fingerprint density at radius 2 is 1.73 bits per heavy atom.